The first-order valence-electron chi connectivity index (χ1n) is 8.00. The average molecular weight is 294 g/mol. The van der Waals surface area contributed by atoms with Crippen LogP contribution in [0.2, 0.25) is 0 Å². The third kappa shape index (κ3) is 1.55. The van der Waals surface area contributed by atoms with E-state index in [4.69, 9.17) is 4.74 Å². The molecule has 2 amide bonds. The summed E-state index contributed by atoms with van der Waals surface area (Å²) in [6.07, 6.45) is -0.00766. The summed E-state index contributed by atoms with van der Waals surface area (Å²) in [5, 5.41) is 10.2. The van der Waals surface area contributed by atoms with Gasteiger partial charge in [0, 0.05) is 19.0 Å². The van der Waals surface area contributed by atoms with E-state index < -0.39 is 6.10 Å². The second kappa shape index (κ2) is 4.43. The molecular weight excluding hydrogens is 272 g/mol. The van der Waals surface area contributed by atoms with Crippen LogP contribution in [0.15, 0.2) is 0 Å². The van der Waals surface area contributed by atoms with Crippen molar-refractivity contribution in [3.8, 4) is 0 Å². The summed E-state index contributed by atoms with van der Waals surface area (Å²) in [6.45, 7) is 5.30. The van der Waals surface area contributed by atoms with Crippen LogP contribution < -0.4 is 0 Å². The van der Waals surface area contributed by atoms with Crippen LogP contribution in [0.1, 0.15) is 20.3 Å². The van der Waals surface area contributed by atoms with Crippen molar-refractivity contribution < 1.29 is 19.4 Å². The fraction of sp³-hybridized carbons (Fsp3) is 0.867. The molecule has 0 radical (unpaired) electrons. The van der Waals surface area contributed by atoms with Crippen LogP contribution in [0.3, 0.4) is 0 Å². The molecule has 2 saturated heterocycles. The van der Waals surface area contributed by atoms with Gasteiger partial charge >= 0.3 is 0 Å². The molecule has 0 aromatic rings. The third-order valence-corrected chi connectivity index (χ3v) is 6.03. The fourth-order valence-corrected chi connectivity index (χ4v) is 5.13. The molecule has 2 aliphatic heterocycles. The van der Waals surface area contributed by atoms with Crippen molar-refractivity contribution in [1.29, 1.82) is 0 Å². The molecule has 21 heavy (non-hydrogen) atoms. The second-order valence-corrected chi connectivity index (χ2v) is 6.68. The van der Waals surface area contributed by atoms with E-state index in [1.54, 1.807) is 9.80 Å². The summed E-state index contributed by atoms with van der Waals surface area (Å²) in [6, 6.07) is 0. The van der Waals surface area contributed by atoms with E-state index in [0.717, 1.165) is 6.42 Å². The molecule has 2 heterocycles. The molecule has 2 saturated carbocycles. The van der Waals surface area contributed by atoms with Gasteiger partial charge in [0.2, 0.25) is 11.8 Å². The normalized spacial score (nSPS) is 45.8. The number of carbonyl (C=O) groups excluding carboxylic acids is 2. The zero-order valence-corrected chi connectivity index (χ0v) is 12.4. The molecule has 2 bridgehead atoms. The van der Waals surface area contributed by atoms with E-state index in [9.17, 15) is 14.7 Å². The monoisotopic (exact) mass is 294 g/mol. The number of likely N-dealkylation sites (N-methyl/N-ethyl adjacent to an activating group) is 1. The van der Waals surface area contributed by atoms with Crippen molar-refractivity contribution in [3.05, 3.63) is 0 Å². The number of aliphatic hydroxyl groups excluding tert-OH is 1. The van der Waals surface area contributed by atoms with Gasteiger partial charge in [-0.3, -0.25) is 9.59 Å². The lowest BCUT2D eigenvalue weighted by molar-refractivity contribution is -0.156. The van der Waals surface area contributed by atoms with Crippen LogP contribution in [0.4, 0.5) is 0 Å². The van der Waals surface area contributed by atoms with Gasteiger partial charge in [0.05, 0.1) is 18.1 Å². The van der Waals surface area contributed by atoms with Gasteiger partial charge in [-0.1, -0.05) is 0 Å². The molecule has 0 aromatic heterocycles. The Labute approximate surface area is 124 Å². The predicted octanol–water partition coefficient (Wildman–Crippen LogP) is -0.335. The summed E-state index contributed by atoms with van der Waals surface area (Å²) in [4.78, 5) is 28.3. The third-order valence-electron chi connectivity index (χ3n) is 6.03. The smallest absolute Gasteiger partial charge is 0.242 e. The van der Waals surface area contributed by atoms with Gasteiger partial charge in [0.1, 0.15) is 12.8 Å². The summed E-state index contributed by atoms with van der Waals surface area (Å²) < 4.78 is 5.96. The molecule has 7 unspecified atom stereocenters. The lowest BCUT2D eigenvalue weighted by Crippen LogP contribution is -2.48. The van der Waals surface area contributed by atoms with Crippen LogP contribution in [0.5, 0.6) is 0 Å². The quantitative estimate of drug-likeness (QED) is 0.770. The van der Waals surface area contributed by atoms with E-state index in [0.29, 0.717) is 19.0 Å². The lowest BCUT2D eigenvalue weighted by Gasteiger charge is -2.31. The molecule has 0 aromatic carbocycles. The minimum atomic E-state index is -0.495. The average Bonchev–Trinajstić information content (AvgIpc) is 3.12. The maximum absolute atomic E-state index is 12.7. The number of fused-ring (bicyclic) bond motifs is 2. The number of hydrogen-bond acceptors (Lipinski definition) is 4. The first-order valence-corrected chi connectivity index (χ1v) is 8.00. The molecule has 4 rings (SSSR count). The topological polar surface area (TPSA) is 70.1 Å². The molecule has 6 nitrogen and oxygen atoms in total. The Balaban J connectivity index is 1.55. The van der Waals surface area contributed by atoms with Crippen LogP contribution in [-0.2, 0) is 14.3 Å². The highest BCUT2D eigenvalue weighted by atomic mass is 16.5. The number of hydrogen-bond donors (Lipinski definition) is 1. The SMILES string of the molecule is CCN(CC)C(=O)CN1C(=O)C2C3CC4C(OC1C42)C3O. The Morgan fingerprint density at radius 1 is 1.38 bits per heavy atom. The minimum Gasteiger partial charge on any atom is -0.390 e. The van der Waals surface area contributed by atoms with E-state index in [1.807, 2.05) is 13.8 Å². The Morgan fingerprint density at radius 2 is 2.10 bits per heavy atom. The van der Waals surface area contributed by atoms with E-state index in [1.165, 1.54) is 0 Å². The standard InChI is InChI=1S/C15H22N2O4/c1-3-16(4-2)9(18)6-17-14(20)10-7-5-8-11(10)15(17)21-13(8)12(7)19/h7-8,10-13,15,19H,3-6H2,1-2H3. The Hall–Kier alpha value is -1.14. The van der Waals surface area contributed by atoms with Crippen molar-refractivity contribution in [2.75, 3.05) is 19.6 Å². The largest absolute Gasteiger partial charge is 0.390 e. The van der Waals surface area contributed by atoms with E-state index in [-0.39, 0.29) is 48.4 Å². The Morgan fingerprint density at radius 3 is 2.76 bits per heavy atom. The molecule has 2 aliphatic carbocycles. The highest BCUT2D eigenvalue weighted by molar-refractivity contribution is 5.88. The van der Waals surface area contributed by atoms with Crippen molar-refractivity contribution in [2.45, 2.75) is 38.7 Å². The Kier molecular flexibility index (Phi) is 2.85. The van der Waals surface area contributed by atoms with Crippen molar-refractivity contribution >= 4 is 11.8 Å². The van der Waals surface area contributed by atoms with Gasteiger partial charge in [0.25, 0.3) is 0 Å². The fourth-order valence-electron chi connectivity index (χ4n) is 5.13. The first-order chi connectivity index (χ1) is 10.1. The maximum atomic E-state index is 12.7. The van der Waals surface area contributed by atoms with Gasteiger partial charge in [-0.15, -0.1) is 0 Å². The highest BCUT2D eigenvalue weighted by Gasteiger charge is 2.72. The number of rotatable bonds is 4. The van der Waals surface area contributed by atoms with Crippen LogP contribution in [0, 0.1) is 23.7 Å². The lowest BCUT2D eigenvalue weighted by atomic mass is 9.80. The first kappa shape index (κ1) is 13.5. The number of aliphatic hydroxyl groups is 1. The Bertz CT molecular complexity index is 492. The number of likely N-dealkylation sites (tertiary alicyclic amines) is 1. The van der Waals surface area contributed by atoms with Crippen LogP contribution in [0.25, 0.3) is 0 Å². The van der Waals surface area contributed by atoms with Gasteiger partial charge < -0.3 is 19.6 Å². The number of carbonyl (C=O) groups is 2. The molecule has 0 spiro atoms. The van der Waals surface area contributed by atoms with Gasteiger partial charge in [-0.05, 0) is 32.1 Å². The predicted molar refractivity (Wildman–Crippen MR) is 72.9 cm³/mol. The molecule has 4 fully saturated rings. The van der Waals surface area contributed by atoms with Gasteiger partial charge in [-0.2, -0.15) is 0 Å². The van der Waals surface area contributed by atoms with Crippen LogP contribution in [-0.4, -0.2) is 64.8 Å². The molecule has 6 heteroatoms. The second-order valence-electron chi connectivity index (χ2n) is 6.68. The van der Waals surface area contributed by atoms with Crippen LogP contribution >= 0.6 is 0 Å². The number of ether oxygens (including phenoxy) is 1. The van der Waals surface area contributed by atoms with Crippen molar-refractivity contribution in [3.63, 3.8) is 0 Å². The minimum absolute atomic E-state index is 0.00945. The zero-order chi connectivity index (χ0) is 14.9. The van der Waals surface area contributed by atoms with E-state index >= 15 is 0 Å². The van der Waals surface area contributed by atoms with Crippen molar-refractivity contribution in [2.24, 2.45) is 23.7 Å². The molecule has 4 aliphatic rings. The van der Waals surface area contributed by atoms with Gasteiger partial charge in [0.15, 0.2) is 0 Å². The van der Waals surface area contributed by atoms with Gasteiger partial charge in [-0.25, -0.2) is 0 Å². The summed E-state index contributed by atoms with van der Waals surface area (Å²) >= 11 is 0. The van der Waals surface area contributed by atoms with E-state index in [2.05, 4.69) is 0 Å². The number of amides is 2. The van der Waals surface area contributed by atoms with Crippen molar-refractivity contribution in [1.82, 2.24) is 9.80 Å². The molecule has 116 valence electrons. The molecular formula is C15H22N2O4. The zero-order valence-electron chi connectivity index (χ0n) is 12.4. The summed E-state index contributed by atoms with van der Waals surface area (Å²) in [5.41, 5.74) is 0. The number of nitrogens with zero attached hydrogens (tertiary/aromatic N) is 2. The molecule has 7 atom stereocenters. The maximum Gasteiger partial charge on any atom is 0.242 e. The molecule has 1 N–H and O–H groups in total. The summed E-state index contributed by atoms with van der Waals surface area (Å²) in [5.74, 6) is 0.400. The summed E-state index contributed by atoms with van der Waals surface area (Å²) in [7, 11) is 0. The highest BCUT2D eigenvalue weighted by Crippen LogP contribution is 2.63.